The second kappa shape index (κ2) is 13.5. The maximum atomic E-state index is 12.6. The zero-order valence-electron chi connectivity index (χ0n) is 21.1. The largest absolute Gasteiger partial charge is 0.490 e. The number of alkyl halides is 3. The fourth-order valence-electron chi connectivity index (χ4n) is 3.46. The lowest BCUT2D eigenvalue weighted by atomic mass is 9.94. The van der Waals surface area contributed by atoms with Crippen molar-refractivity contribution >= 4 is 11.9 Å². The number of carbonyl (C=O) groups is 2. The van der Waals surface area contributed by atoms with Gasteiger partial charge in [-0.3, -0.25) is 9.78 Å². The fraction of sp³-hybridized carbons (Fsp3) is 0.360. The van der Waals surface area contributed by atoms with Crippen molar-refractivity contribution < 1.29 is 37.3 Å². The minimum Gasteiger partial charge on any atom is -0.488 e. The van der Waals surface area contributed by atoms with Crippen LogP contribution in [-0.2, 0) is 4.79 Å². The quantitative estimate of drug-likeness (QED) is 0.401. The summed E-state index contributed by atoms with van der Waals surface area (Å²) >= 11 is 0. The van der Waals surface area contributed by atoms with E-state index in [1.165, 1.54) is 12.4 Å². The van der Waals surface area contributed by atoms with E-state index in [9.17, 15) is 18.0 Å². The van der Waals surface area contributed by atoms with E-state index in [1.807, 2.05) is 6.92 Å². The molecule has 0 bridgehead atoms. The van der Waals surface area contributed by atoms with Crippen LogP contribution in [0.5, 0.6) is 17.4 Å². The standard InChI is InChI=1S/C23H26N6O3.C2HF3O2/c1-3-31-20-5-4-7-26-23(20)32-18-9-16(10-25-13-18)21-27-11-17(12-28-21)22(30)29-19-14-24-8-6-15(19)2;3-2(4,5)1(6)7/h4-5,7,9-13,15,19,24H,3,6,8,14H2,1-2H3,(H,29,30);(H,6,7)/t15-,19-;/m0./s1. The minimum absolute atomic E-state index is 0.0992. The first-order valence-electron chi connectivity index (χ1n) is 11.9. The number of ether oxygens (including phenoxy) is 2. The van der Waals surface area contributed by atoms with Crippen molar-refractivity contribution in [1.29, 1.82) is 0 Å². The number of aliphatic carboxylic acids is 1. The van der Waals surface area contributed by atoms with E-state index in [1.54, 1.807) is 36.8 Å². The molecular formula is C25H27F3N6O5. The Morgan fingerprint density at radius 2 is 1.90 bits per heavy atom. The number of rotatable bonds is 7. The highest BCUT2D eigenvalue weighted by atomic mass is 19.4. The fourth-order valence-corrected chi connectivity index (χ4v) is 3.46. The van der Waals surface area contributed by atoms with Gasteiger partial charge in [-0.15, -0.1) is 0 Å². The summed E-state index contributed by atoms with van der Waals surface area (Å²) in [6, 6.07) is 5.44. The molecule has 1 saturated heterocycles. The van der Waals surface area contributed by atoms with E-state index in [0.29, 0.717) is 46.9 Å². The average Bonchev–Trinajstić information content (AvgIpc) is 2.91. The second-order valence-electron chi connectivity index (χ2n) is 8.40. The van der Waals surface area contributed by atoms with Gasteiger partial charge in [-0.05, 0) is 44.0 Å². The van der Waals surface area contributed by atoms with Crippen LogP contribution in [0.25, 0.3) is 11.4 Å². The number of aromatic nitrogens is 4. The Morgan fingerprint density at radius 1 is 1.18 bits per heavy atom. The Labute approximate surface area is 221 Å². The van der Waals surface area contributed by atoms with Gasteiger partial charge in [0, 0.05) is 42.9 Å². The number of carboxylic acids is 1. The van der Waals surface area contributed by atoms with E-state index in [-0.39, 0.29) is 11.9 Å². The third-order valence-electron chi connectivity index (χ3n) is 5.52. The molecule has 3 N–H and O–H groups in total. The molecule has 4 rings (SSSR count). The number of carboxylic acid groups (broad SMARTS) is 1. The zero-order chi connectivity index (χ0) is 28.4. The normalized spacial score (nSPS) is 16.8. The van der Waals surface area contributed by atoms with E-state index >= 15 is 0 Å². The minimum atomic E-state index is -5.08. The Hall–Kier alpha value is -4.33. The number of piperidine rings is 1. The maximum Gasteiger partial charge on any atom is 0.490 e. The molecule has 1 aliphatic heterocycles. The highest BCUT2D eigenvalue weighted by Crippen LogP contribution is 2.30. The van der Waals surface area contributed by atoms with Gasteiger partial charge >= 0.3 is 12.1 Å². The Morgan fingerprint density at radius 3 is 2.54 bits per heavy atom. The summed E-state index contributed by atoms with van der Waals surface area (Å²) in [5.74, 6) is -0.679. The zero-order valence-corrected chi connectivity index (χ0v) is 21.1. The molecule has 0 radical (unpaired) electrons. The lowest BCUT2D eigenvalue weighted by molar-refractivity contribution is -0.192. The Bertz CT molecular complexity index is 1260. The van der Waals surface area contributed by atoms with Crippen LogP contribution >= 0.6 is 0 Å². The van der Waals surface area contributed by atoms with Crippen LogP contribution in [0.3, 0.4) is 0 Å². The molecule has 1 amide bonds. The summed E-state index contributed by atoms with van der Waals surface area (Å²) in [4.78, 5) is 38.6. The van der Waals surface area contributed by atoms with Crippen LogP contribution < -0.4 is 20.1 Å². The molecule has 2 atom stereocenters. The molecular weight excluding hydrogens is 521 g/mol. The lowest BCUT2D eigenvalue weighted by Crippen LogP contribution is -2.50. The summed E-state index contributed by atoms with van der Waals surface area (Å²) in [5.41, 5.74) is 1.08. The predicted molar refractivity (Wildman–Crippen MR) is 132 cm³/mol. The molecule has 1 fully saturated rings. The predicted octanol–water partition coefficient (Wildman–Crippen LogP) is 3.49. The summed E-state index contributed by atoms with van der Waals surface area (Å²) < 4.78 is 43.1. The molecule has 3 aromatic heterocycles. The number of hydrogen-bond acceptors (Lipinski definition) is 9. The van der Waals surface area contributed by atoms with Crippen LogP contribution in [0, 0.1) is 5.92 Å². The number of nitrogens with one attached hydrogen (secondary N) is 2. The van der Waals surface area contributed by atoms with Crippen LogP contribution in [0.1, 0.15) is 30.6 Å². The summed E-state index contributed by atoms with van der Waals surface area (Å²) in [6.07, 6.45) is 3.85. The molecule has 0 spiro atoms. The van der Waals surface area contributed by atoms with Crippen molar-refractivity contribution in [3.05, 3.63) is 54.7 Å². The molecule has 0 unspecified atom stereocenters. The van der Waals surface area contributed by atoms with Crippen LogP contribution in [0.2, 0.25) is 0 Å². The highest BCUT2D eigenvalue weighted by Gasteiger charge is 2.38. The molecule has 0 aliphatic carbocycles. The van der Waals surface area contributed by atoms with Crippen LogP contribution in [0.4, 0.5) is 13.2 Å². The molecule has 0 aromatic carbocycles. The third kappa shape index (κ3) is 8.60. The summed E-state index contributed by atoms with van der Waals surface area (Å²) in [7, 11) is 0. The monoisotopic (exact) mass is 548 g/mol. The van der Waals surface area contributed by atoms with Crippen LogP contribution in [-0.4, -0.2) is 68.8 Å². The van der Waals surface area contributed by atoms with Gasteiger partial charge in [-0.25, -0.2) is 19.7 Å². The summed E-state index contributed by atoms with van der Waals surface area (Å²) in [6.45, 7) is 6.30. The van der Waals surface area contributed by atoms with Crippen LogP contribution in [0.15, 0.2) is 49.2 Å². The SMILES string of the molecule is CCOc1cccnc1Oc1cncc(-c2ncc(C(=O)N[C@H]3CNCC[C@@H]3C)cn2)c1.O=C(O)C(F)(F)F. The molecule has 0 saturated carbocycles. The van der Waals surface area contributed by atoms with Gasteiger partial charge in [-0.1, -0.05) is 6.92 Å². The number of hydrogen-bond donors (Lipinski definition) is 3. The number of nitrogens with zero attached hydrogens (tertiary/aromatic N) is 4. The first-order valence-corrected chi connectivity index (χ1v) is 11.9. The van der Waals surface area contributed by atoms with Crippen molar-refractivity contribution in [2.24, 2.45) is 5.92 Å². The van der Waals surface area contributed by atoms with Gasteiger partial charge < -0.3 is 25.2 Å². The molecule has 4 heterocycles. The second-order valence-corrected chi connectivity index (χ2v) is 8.40. The molecule has 39 heavy (non-hydrogen) atoms. The number of amides is 1. The third-order valence-corrected chi connectivity index (χ3v) is 5.52. The van der Waals surface area contributed by atoms with Gasteiger partial charge in [0.25, 0.3) is 11.8 Å². The van der Waals surface area contributed by atoms with Gasteiger partial charge in [0.1, 0.15) is 5.75 Å². The average molecular weight is 549 g/mol. The van der Waals surface area contributed by atoms with Gasteiger partial charge in [0.05, 0.1) is 18.4 Å². The van der Waals surface area contributed by atoms with Crippen molar-refractivity contribution in [1.82, 2.24) is 30.6 Å². The van der Waals surface area contributed by atoms with Crippen molar-refractivity contribution in [2.75, 3.05) is 19.7 Å². The lowest BCUT2D eigenvalue weighted by Gasteiger charge is -2.30. The first-order chi connectivity index (χ1) is 18.6. The number of pyridine rings is 2. The smallest absolute Gasteiger partial charge is 0.488 e. The molecule has 1 aliphatic rings. The molecule has 208 valence electrons. The van der Waals surface area contributed by atoms with Gasteiger partial charge in [0.2, 0.25) is 0 Å². The van der Waals surface area contributed by atoms with E-state index < -0.39 is 12.1 Å². The molecule has 3 aromatic rings. The molecule has 11 nitrogen and oxygen atoms in total. The van der Waals surface area contributed by atoms with Gasteiger partial charge in [-0.2, -0.15) is 13.2 Å². The maximum absolute atomic E-state index is 12.6. The first kappa shape index (κ1) is 29.2. The van der Waals surface area contributed by atoms with E-state index in [2.05, 4.69) is 37.5 Å². The van der Waals surface area contributed by atoms with Crippen molar-refractivity contribution in [2.45, 2.75) is 32.5 Å². The van der Waals surface area contributed by atoms with Crippen molar-refractivity contribution in [3.8, 4) is 28.8 Å². The topological polar surface area (TPSA) is 148 Å². The highest BCUT2D eigenvalue weighted by molar-refractivity contribution is 5.94. The number of halogens is 3. The Balaban J connectivity index is 0.000000532. The number of carbonyl (C=O) groups excluding carboxylic acids is 1. The van der Waals surface area contributed by atoms with E-state index in [0.717, 1.165) is 19.5 Å². The molecule has 14 heteroatoms. The Kier molecular flexibility index (Phi) is 10.1. The summed E-state index contributed by atoms with van der Waals surface area (Å²) in [5, 5.41) is 13.5. The van der Waals surface area contributed by atoms with Gasteiger partial charge in [0.15, 0.2) is 11.6 Å². The van der Waals surface area contributed by atoms with E-state index in [4.69, 9.17) is 19.4 Å². The van der Waals surface area contributed by atoms with Crippen molar-refractivity contribution in [3.63, 3.8) is 0 Å².